The van der Waals surface area contributed by atoms with Gasteiger partial charge in [-0.3, -0.25) is 9.69 Å². The van der Waals surface area contributed by atoms with Crippen LogP contribution in [0.3, 0.4) is 0 Å². The summed E-state index contributed by atoms with van der Waals surface area (Å²) in [5, 5.41) is 0. The van der Waals surface area contributed by atoms with Crippen LogP contribution >= 0.6 is 0 Å². The Bertz CT molecular complexity index is 724. The van der Waals surface area contributed by atoms with Crippen LogP contribution in [0.25, 0.3) is 0 Å². The minimum absolute atomic E-state index is 0.141. The quantitative estimate of drug-likeness (QED) is 0.744. The molecule has 4 heteroatoms. The highest BCUT2D eigenvalue weighted by Crippen LogP contribution is 2.25. The third-order valence-corrected chi connectivity index (χ3v) is 5.43. The summed E-state index contributed by atoms with van der Waals surface area (Å²) in [5.74, 6) is 1.39. The van der Waals surface area contributed by atoms with Gasteiger partial charge >= 0.3 is 0 Å². The molecule has 0 aliphatic carbocycles. The van der Waals surface area contributed by atoms with Crippen LogP contribution < -0.4 is 4.74 Å². The summed E-state index contributed by atoms with van der Waals surface area (Å²) >= 11 is 0. The second-order valence-electron chi connectivity index (χ2n) is 7.20. The molecule has 1 fully saturated rings. The lowest BCUT2D eigenvalue weighted by Gasteiger charge is -2.34. The zero-order valence-corrected chi connectivity index (χ0v) is 16.4. The van der Waals surface area contributed by atoms with E-state index in [4.69, 9.17) is 4.74 Å². The number of ether oxygens (including phenoxy) is 1. The smallest absolute Gasteiger partial charge is 0.226 e. The molecule has 1 saturated heterocycles. The van der Waals surface area contributed by atoms with Crippen molar-refractivity contribution in [2.45, 2.75) is 32.9 Å². The lowest BCUT2D eigenvalue weighted by molar-refractivity contribution is -0.137. The highest BCUT2D eigenvalue weighted by Gasteiger charge is 2.28. The number of carbonyl (C=O) groups excluding carboxylic acids is 1. The molecular weight excluding hydrogens is 336 g/mol. The number of hydrogen-bond acceptors (Lipinski definition) is 3. The highest BCUT2D eigenvalue weighted by molar-refractivity contribution is 5.79. The van der Waals surface area contributed by atoms with Crippen LogP contribution in [-0.4, -0.2) is 42.5 Å². The molecule has 1 amide bonds. The van der Waals surface area contributed by atoms with Crippen LogP contribution in [0.1, 0.15) is 30.9 Å². The van der Waals surface area contributed by atoms with Gasteiger partial charge in [-0.2, -0.15) is 0 Å². The zero-order valence-electron chi connectivity index (χ0n) is 16.4. The van der Waals surface area contributed by atoms with E-state index in [0.717, 1.165) is 44.8 Å². The van der Waals surface area contributed by atoms with Gasteiger partial charge in [0, 0.05) is 31.1 Å². The standard InChI is InChI=1S/C23H30N2O2/c1-3-25(17-19-9-5-4-6-10-19)23(26)20-13-15-24(16-14-20)18-21-11-7-8-12-22(21)27-2/h4-12,20H,3,13-18H2,1-2H3. The highest BCUT2D eigenvalue weighted by atomic mass is 16.5. The zero-order chi connectivity index (χ0) is 19.1. The number of benzene rings is 2. The summed E-state index contributed by atoms with van der Waals surface area (Å²) in [5.41, 5.74) is 2.41. The molecule has 0 atom stereocenters. The predicted molar refractivity (Wildman–Crippen MR) is 109 cm³/mol. The van der Waals surface area contributed by atoms with Gasteiger partial charge in [-0.1, -0.05) is 48.5 Å². The Kier molecular flexibility index (Phi) is 6.88. The number of methoxy groups -OCH3 is 1. The molecule has 144 valence electrons. The SMILES string of the molecule is CCN(Cc1ccccc1)C(=O)C1CCN(Cc2ccccc2OC)CC1. The molecule has 1 aliphatic rings. The van der Waals surface area contributed by atoms with Crippen molar-refractivity contribution in [1.29, 1.82) is 0 Å². The number of para-hydroxylation sites is 1. The first-order valence-corrected chi connectivity index (χ1v) is 9.88. The van der Waals surface area contributed by atoms with E-state index in [1.165, 1.54) is 11.1 Å². The van der Waals surface area contributed by atoms with E-state index >= 15 is 0 Å². The summed E-state index contributed by atoms with van der Waals surface area (Å²) in [6, 6.07) is 18.4. The lowest BCUT2D eigenvalue weighted by atomic mass is 9.94. The first kappa shape index (κ1) is 19.4. The first-order chi connectivity index (χ1) is 13.2. The first-order valence-electron chi connectivity index (χ1n) is 9.88. The Morgan fingerprint density at radius 2 is 1.74 bits per heavy atom. The van der Waals surface area contributed by atoms with Crippen molar-refractivity contribution < 1.29 is 9.53 Å². The van der Waals surface area contributed by atoms with Crippen LogP contribution in [0.5, 0.6) is 5.75 Å². The number of nitrogens with zero attached hydrogens (tertiary/aromatic N) is 2. The van der Waals surface area contributed by atoms with Crippen molar-refractivity contribution >= 4 is 5.91 Å². The summed E-state index contributed by atoms with van der Waals surface area (Å²) in [4.78, 5) is 17.4. The van der Waals surface area contributed by atoms with Crippen molar-refractivity contribution in [3.8, 4) is 5.75 Å². The van der Waals surface area contributed by atoms with Gasteiger partial charge in [0.1, 0.15) is 5.75 Å². The molecule has 2 aromatic carbocycles. The fourth-order valence-corrected chi connectivity index (χ4v) is 3.82. The summed E-state index contributed by atoms with van der Waals surface area (Å²) < 4.78 is 5.46. The molecule has 0 spiro atoms. The van der Waals surface area contributed by atoms with Gasteiger partial charge < -0.3 is 9.64 Å². The van der Waals surface area contributed by atoms with Crippen molar-refractivity contribution in [2.75, 3.05) is 26.7 Å². The molecule has 0 bridgehead atoms. The second-order valence-corrected chi connectivity index (χ2v) is 7.20. The van der Waals surface area contributed by atoms with Gasteiger partial charge in [-0.15, -0.1) is 0 Å². The van der Waals surface area contributed by atoms with E-state index in [2.05, 4.69) is 36.1 Å². The Labute approximate surface area is 162 Å². The molecule has 0 aromatic heterocycles. The van der Waals surface area contributed by atoms with Gasteiger partial charge in [-0.05, 0) is 44.5 Å². The molecule has 0 unspecified atom stereocenters. The third-order valence-electron chi connectivity index (χ3n) is 5.43. The molecule has 3 rings (SSSR count). The predicted octanol–water partition coefficient (Wildman–Crippen LogP) is 3.96. The van der Waals surface area contributed by atoms with Crippen LogP contribution in [0.15, 0.2) is 54.6 Å². The minimum Gasteiger partial charge on any atom is -0.496 e. The number of likely N-dealkylation sites (tertiary alicyclic amines) is 1. The van der Waals surface area contributed by atoms with Crippen LogP contribution in [0.2, 0.25) is 0 Å². The summed E-state index contributed by atoms with van der Waals surface area (Å²) in [7, 11) is 1.72. The Morgan fingerprint density at radius 1 is 1.07 bits per heavy atom. The van der Waals surface area contributed by atoms with Gasteiger partial charge in [0.25, 0.3) is 0 Å². The maximum atomic E-state index is 13.0. The molecular formula is C23H30N2O2. The largest absolute Gasteiger partial charge is 0.496 e. The lowest BCUT2D eigenvalue weighted by Crippen LogP contribution is -2.42. The average molecular weight is 367 g/mol. The monoisotopic (exact) mass is 366 g/mol. The normalized spacial score (nSPS) is 15.5. The number of carbonyl (C=O) groups is 1. The summed E-state index contributed by atoms with van der Waals surface area (Å²) in [6.45, 7) is 6.32. The van der Waals surface area contributed by atoms with Crippen molar-refractivity contribution in [3.63, 3.8) is 0 Å². The van der Waals surface area contributed by atoms with E-state index in [0.29, 0.717) is 12.5 Å². The van der Waals surface area contributed by atoms with Crippen molar-refractivity contribution in [1.82, 2.24) is 9.80 Å². The molecule has 0 saturated carbocycles. The third kappa shape index (κ3) is 5.10. The molecule has 4 nitrogen and oxygen atoms in total. The number of rotatable bonds is 7. The molecule has 1 heterocycles. The number of hydrogen-bond donors (Lipinski definition) is 0. The molecule has 0 radical (unpaired) electrons. The fourth-order valence-electron chi connectivity index (χ4n) is 3.82. The van der Waals surface area contributed by atoms with Gasteiger partial charge in [0.15, 0.2) is 0 Å². The van der Waals surface area contributed by atoms with Gasteiger partial charge in [-0.25, -0.2) is 0 Å². The van der Waals surface area contributed by atoms with Crippen molar-refractivity contribution in [3.05, 3.63) is 65.7 Å². The molecule has 1 aliphatic heterocycles. The average Bonchev–Trinajstić information content (AvgIpc) is 2.73. The fraction of sp³-hybridized carbons (Fsp3) is 0.435. The summed E-state index contributed by atoms with van der Waals surface area (Å²) in [6.07, 6.45) is 1.86. The topological polar surface area (TPSA) is 32.8 Å². The van der Waals surface area contributed by atoms with Crippen molar-refractivity contribution in [2.24, 2.45) is 5.92 Å². The van der Waals surface area contributed by atoms with Gasteiger partial charge in [0.05, 0.1) is 7.11 Å². The second kappa shape index (κ2) is 9.56. The molecule has 0 N–H and O–H groups in total. The van der Waals surface area contributed by atoms with Gasteiger partial charge in [0.2, 0.25) is 5.91 Å². The Balaban J connectivity index is 1.54. The van der Waals surface area contributed by atoms with E-state index in [9.17, 15) is 4.79 Å². The maximum absolute atomic E-state index is 13.0. The van der Waals surface area contributed by atoms with Crippen LogP contribution in [0.4, 0.5) is 0 Å². The van der Waals surface area contributed by atoms with E-state index in [1.807, 2.05) is 35.2 Å². The van der Waals surface area contributed by atoms with E-state index < -0.39 is 0 Å². The van der Waals surface area contributed by atoms with E-state index in [1.54, 1.807) is 7.11 Å². The van der Waals surface area contributed by atoms with E-state index in [-0.39, 0.29) is 5.92 Å². The number of piperidine rings is 1. The number of amides is 1. The Morgan fingerprint density at radius 3 is 2.41 bits per heavy atom. The minimum atomic E-state index is 0.141. The molecule has 2 aromatic rings. The maximum Gasteiger partial charge on any atom is 0.226 e. The molecule has 27 heavy (non-hydrogen) atoms. The van der Waals surface area contributed by atoms with Crippen LogP contribution in [-0.2, 0) is 17.9 Å². The Hall–Kier alpha value is -2.33. The van der Waals surface area contributed by atoms with Crippen LogP contribution in [0, 0.1) is 5.92 Å².